The van der Waals surface area contributed by atoms with Gasteiger partial charge in [0.2, 0.25) is 0 Å². The summed E-state index contributed by atoms with van der Waals surface area (Å²) in [6, 6.07) is 10.8. The lowest BCUT2D eigenvalue weighted by Gasteiger charge is -2.41. The molecule has 2 heterocycles. The van der Waals surface area contributed by atoms with Gasteiger partial charge in [0, 0.05) is 21.3 Å². The third kappa shape index (κ3) is 1.93. The smallest absolute Gasteiger partial charge is 0.0763 e. The van der Waals surface area contributed by atoms with E-state index in [1.807, 2.05) is 0 Å². The number of hydrogen-bond donors (Lipinski definition) is 1. The molecule has 2 N–H and O–H groups in total. The molecular formula is C14H14BrNOS. The van der Waals surface area contributed by atoms with Gasteiger partial charge in [-0.25, -0.2) is 0 Å². The van der Waals surface area contributed by atoms with E-state index in [-0.39, 0.29) is 5.41 Å². The molecule has 1 aliphatic heterocycles. The van der Waals surface area contributed by atoms with Gasteiger partial charge in [-0.2, -0.15) is 0 Å². The van der Waals surface area contributed by atoms with Gasteiger partial charge in [0.15, 0.2) is 0 Å². The molecule has 0 unspecified atom stereocenters. The lowest BCUT2D eigenvalue weighted by molar-refractivity contribution is -0.0362. The summed E-state index contributed by atoms with van der Waals surface area (Å²) in [5.74, 6) is 0. The fraction of sp³-hybridized carbons (Fsp3) is 0.286. The van der Waals surface area contributed by atoms with E-state index in [9.17, 15) is 0 Å². The number of ether oxygens (including phenoxy) is 1. The minimum Gasteiger partial charge on any atom is -0.379 e. The maximum absolute atomic E-state index is 5.64. The molecule has 0 amide bonds. The zero-order valence-corrected chi connectivity index (χ0v) is 12.3. The molecule has 18 heavy (non-hydrogen) atoms. The van der Waals surface area contributed by atoms with E-state index in [0.29, 0.717) is 6.54 Å². The molecule has 94 valence electrons. The number of thiophene rings is 1. The normalized spacial score (nSPS) is 17.4. The van der Waals surface area contributed by atoms with Crippen molar-refractivity contribution < 1.29 is 4.74 Å². The first-order chi connectivity index (χ1) is 8.74. The van der Waals surface area contributed by atoms with Gasteiger partial charge in [-0.15, -0.1) is 11.3 Å². The highest BCUT2D eigenvalue weighted by Crippen LogP contribution is 2.42. The first-order valence-electron chi connectivity index (χ1n) is 5.86. The van der Waals surface area contributed by atoms with Crippen LogP contribution in [-0.4, -0.2) is 13.2 Å². The van der Waals surface area contributed by atoms with Crippen LogP contribution in [0.15, 0.2) is 40.2 Å². The minimum absolute atomic E-state index is 0.0455. The Morgan fingerprint density at radius 3 is 2.44 bits per heavy atom. The maximum Gasteiger partial charge on any atom is 0.0763 e. The third-order valence-corrected chi connectivity index (χ3v) is 5.37. The quantitative estimate of drug-likeness (QED) is 0.940. The van der Waals surface area contributed by atoms with Crippen molar-refractivity contribution >= 4 is 27.3 Å². The molecule has 3 rings (SSSR count). The van der Waals surface area contributed by atoms with Gasteiger partial charge in [0.25, 0.3) is 0 Å². The Bertz CT molecular complexity index is 545. The molecular weight excluding hydrogens is 310 g/mol. The van der Waals surface area contributed by atoms with Crippen LogP contribution in [0.1, 0.15) is 16.0 Å². The van der Waals surface area contributed by atoms with Crippen LogP contribution in [0.2, 0.25) is 0 Å². The number of halogens is 1. The Morgan fingerprint density at radius 2 is 2.00 bits per heavy atom. The lowest BCUT2D eigenvalue weighted by atomic mass is 9.77. The lowest BCUT2D eigenvalue weighted by Crippen LogP contribution is -2.47. The monoisotopic (exact) mass is 323 g/mol. The second-order valence-electron chi connectivity index (χ2n) is 4.61. The SMILES string of the molecule is NCc1ccc(C2(c3cc(Br)cs3)COC2)cc1. The molecule has 0 atom stereocenters. The highest BCUT2D eigenvalue weighted by molar-refractivity contribution is 9.10. The Balaban J connectivity index is 2.00. The molecule has 0 spiro atoms. The molecule has 2 nitrogen and oxygen atoms in total. The summed E-state index contributed by atoms with van der Waals surface area (Å²) in [6.07, 6.45) is 0. The second kappa shape index (κ2) is 4.78. The number of hydrogen-bond acceptors (Lipinski definition) is 3. The highest BCUT2D eigenvalue weighted by atomic mass is 79.9. The molecule has 0 radical (unpaired) electrons. The Morgan fingerprint density at radius 1 is 1.28 bits per heavy atom. The number of benzene rings is 1. The van der Waals surface area contributed by atoms with Crippen LogP contribution in [0, 0.1) is 0 Å². The predicted octanol–water partition coefficient (Wildman–Crippen LogP) is 3.29. The van der Waals surface area contributed by atoms with Crippen molar-refractivity contribution in [2.24, 2.45) is 5.73 Å². The predicted molar refractivity (Wildman–Crippen MR) is 78.0 cm³/mol. The van der Waals surface area contributed by atoms with Gasteiger partial charge in [-0.1, -0.05) is 24.3 Å². The van der Waals surface area contributed by atoms with Gasteiger partial charge in [0.1, 0.15) is 0 Å². The zero-order chi connectivity index (χ0) is 12.6. The molecule has 0 bridgehead atoms. The average molecular weight is 324 g/mol. The Hall–Kier alpha value is -0.680. The molecule has 0 aliphatic carbocycles. The molecule has 1 fully saturated rings. The summed E-state index contributed by atoms with van der Waals surface area (Å²) in [5, 5.41) is 2.13. The number of nitrogens with two attached hydrogens (primary N) is 1. The summed E-state index contributed by atoms with van der Waals surface area (Å²) in [4.78, 5) is 1.36. The van der Waals surface area contributed by atoms with E-state index in [4.69, 9.17) is 10.5 Å². The largest absolute Gasteiger partial charge is 0.379 e. The molecule has 1 aromatic heterocycles. The third-order valence-electron chi connectivity index (χ3n) is 3.48. The first-order valence-corrected chi connectivity index (χ1v) is 7.54. The van der Waals surface area contributed by atoms with E-state index in [1.54, 1.807) is 11.3 Å². The number of rotatable bonds is 3. The van der Waals surface area contributed by atoms with Crippen LogP contribution in [0.4, 0.5) is 0 Å². The summed E-state index contributed by atoms with van der Waals surface area (Å²) in [6.45, 7) is 2.12. The molecule has 4 heteroatoms. The minimum atomic E-state index is 0.0455. The molecule has 2 aromatic rings. The van der Waals surface area contributed by atoms with E-state index >= 15 is 0 Å². The van der Waals surface area contributed by atoms with Crippen molar-refractivity contribution in [2.75, 3.05) is 13.2 Å². The van der Waals surface area contributed by atoms with Crippen molar-refractivity contribution in [3.63, 3.8) is 0 Å². The topological polar surface area (TPSA) is 35.2 Å². The van der Waals surface area contributed by atoms with Gasteiger partial charge < -0.3 is 10.5 Å². The average Bonchev–Trinajstić information content (AvgIpc) is 2.76. The van der Waals surface area contributed by atoms with Crippen LogP contribution in [0.25, 0.3) is 0 Å². The first kappa shape index (κ1) is 12.4. The van der Waals surface area contributed by atoms with Crippen molar-refractivity contribution in [3.05, 3.63) is 56.2 Å². The highest BCUT2D eigenvalue weighted by Gasteiger charge is 2.43. The molecule has 0 saturated carbocycles. The summed E-state index contributed by atoms with van der Waals surface area (Å²) < 4.78 is 6.63. The van der Waals surface area contributed by atoms with E-state index in [1.165, 1.54) is 16.0 Å². The van der Waals surface area contributed by atoms with Crippen molar-refractivity contribution in [1.29, 1.82) is 0 Å². The van der Waals surface area contributed by atoms with Crippen LogP contribution in [0.3, 0.4) is 0 Å². The summed E-state index contributed by atoms with van der Waals surface area (Å²) in [5.41, 5.74) is 8.17. The molecule has 1 saturated heterocycles. The van der Waals surface area contributed by atoms with Gasteiger partial charge in [0.05, 0.1) is 18.6 Å². The van der Waals surface area contributed by atoms with Gasteiger partial charge in [-0.3, -0.25) is 0 Å². The Kier molecular flexibility index (Phi) is 3.28. The van der Waals surface area contributed by atoms with E-state index < -0.39 is 0 Å². The zero-order valence-electron chi connectivity index (χ0n) is 9.86. The molecule has 1 aromatic carbocycles. The fourth-order valence-corrected chi connectivity index (χ4v) is 3.91. The van der Waals surface area contributed by atoms with Crippen molar-refractivity contribution in [3.8, 4) is 0 Å². The van der Waals surface area contributed by atoms with Crippen LogP contribution < -0.4 is 5.73 Å². The summed E-state index contributed by atoms with van der Waals surface area (Å²) >= 11 is 5.31. The maximum atomic E-state index is 5.64. The van der Waals surface area contributed by atoms with E-state index in [0.717, 1.165) is 17.7 Å². The Labute approximate surface area is 119 Å². The van der Waals surface area contributed by atoms with Crippen molar-refractivity contribution in [2.45, 2.75) is 12.0 Å². The van der Waals surface area contributed by atoms with Gasteiger partial charge >= 0.3 is 0 Å². The van der Waals surface area contributed by atoms with Crippen molar-refractivity contribution in [1.82, 2.24) is 0 Å². The van der Waals surface area contributed by atoms with Crippen LogP contribution in [0.5, 0.6) is 0 Å². The molecule has 1 aliphatic rings. The fourth-order valence-electron chi connectivity index (χ4n) is 2.28. The standard InChI is InChI=1S/C14H14BrNOS/c15-12-5-13(18-7-12)14(8-17-9-14)11-3-1-10(6-16)2-4-11/h1-5,7H,6,8-9,16H2. The van der Waals surface area contributed by atoms with Crippen LogP contribution in [-0.2, 0) is 16.7 Å². The second-order valence-corrected chi connectivity index (χ2v) is 6.43. The van der Waals surface area contributed by atoms with E-state index in [2.05, 4.69) is 51.6 Å². The summed E-state index contributed by atoms with van der Waals surface area (Å²) in [7, 11) is 0. The van der Waals surface area contributed by atoms with Crippen LogP contribution >= 0.6 is 27.3 Å². The van der Waals surface area contributed by atoms with Gasteiger partial charge in [-0.05, 0) is 33.1 Å².